The molecule has 0 aromatic heterocycles. The Morgan fingerprint density at radius 2 is 1.83 bits per heavy atom. The van der Waals surface area contributed by atoms with Gasteiger partial charge in [0.05, 0.1) is 18.5 Å². The summed E-state index contributed by atoms with van der Waals surface area (Å²) >= 11 is 0. The van der Waals surface area contributed by atoms with Crippen LogP contribution in [-0.2, 0) is 14.8 Å². The zero-order valence-corrected chi connectivity index (χ0v) is 12.5. The van der Waals surface area contributed by atoms with Crippen LogP contribution >= 0.6 is 0 Å². The highest BCUT2D eigenvalue weighted by Gasteiger charge is 2.31. The van der Waals surface area contributed by atoms with Crippen molar-refractivity contribution in [2.75, 3.05) is 32.0 Å². The molecule has 0 aliphatic carbocycles. The molecule has 0 bridgehead atoms. The predicted molar refractivity (Wildman–Crippen MR) is 72.8 cm³/mol. The van der Waals surface area contributed by atoms with Crippen LogP contribution in [0.3, 0.4) is 0 Å². The zero-order chi connectivity index (χ0) is 13.8. The predicted octanol–water partition coefficient (Wildman–Crippen LogP) is 0.802. The summed E-state index contributed by atoms with van der Waals surface area (Å²) in [6, 6.07) is 0. The molecule has 6 heteroatoms. The van der Waals surface area contributed by atoms with Gasteiger partial charge in [0, 0.05) is 19.6 Å². The molecule has 0 radical (unpaired) electrons. The van der Waals surface area contributed by atoms with Crippen LogP contribution < -0.4 is 5.73 Å². The maximum absolute atomic E-state index is 12.2. The van der Waals surface area contributed by atoms with E-state index in [-0.39, 0.29) is 17.3 Å². The molecule has 0 aromatic rings. The van der Waals surface area contributed by atoms with Gasteiger partial charge in [0.2, 0.25) is 10.0 Å². The second-order valence-electron chi connectivity index (χ2n) is 6.07. The minimum Gasteiger partial charge on any atom is -0.377 e. The number of piperidine rings is 1. The van der Waals surface area contributed by atoms with E-state index in [9.17, 15) is 8.42 Å². The van der Waals surface area contributed by atoms with Crippen molar-refractivity contribution in [1.82, 2.24) is 4.31 Å². The normalized spacial score (nSPS) is 20.2. The Labute approximate surface area is 111 Å². The van der Waals surface area contributed by atoms with Crippen LogP contribution in [0.2, 0.25) is 0 Å². The van der Waals surface area contributed by atoms with Crippen LogP contribution in [0.4, 0.5) is 0 Å². The van der Waals surface area contributed by atoms with Crippen molar-refractivity contribution >= 4 is 10.0 Å². The van der Waals surface area contributed by atoms with Gasteiger partial charge in [-0.25, -0.2) is 12.7 Å². The summed E-state index contributed by atoms with van der Waals surface area (Å²) in [4.78, 5) is 0. The van der Waals surface area contributed by atoms with Crippen LogP contribution in [-0.4, -0.2) is 50.8 Å². The van der Waals surface area contributed by atoms with Crippen LogP contribution in [0.5, 0.6) is 0 Å². The summed E-state index contributed by atoms with van der Waals surface area (Å²) in [5.74, 6) is 0.203. The van der Waals surface area contributed by atoms with Crippen LogP contribution in [0.15, 0.2) is 0 Å². The number of nitrogens with zero attached hydrogens (tertiary/aromatic N) is 1. The molecule has 18 heavy (non-hydrogen) atoms. The van der Waals surface area contributed by atoms with Gasteiger partial charge in [0.15, 0.2) is 0 Å². The lowest BCUT2D eigenvalue weighted by molar-refractivity contribution is 0.0256. The summed E-state index contributed by atoms with van der Waals surface area (Å²) < 4.78 is 31.5. The first-order valence-electron chi connectivity index (χ1n) is 6.54. The molecule has 0 atom stereocenters. The van der Waals surface area contributed by atoms with Crippen molar-refractivity contribution in [3.63, 3.8) is 0 Å². The monoisotopic (exact) mass is 278 g/mol. The molecule has 1 rings (SSSR count). The highest BCUT2D eigenvalue weighted by molar-refractivity contribution is 7.89. The molecule has 0 unspecified atom stereocenters. The van der Waals surface area contributed by atoms with E-state index in [1.807, 2.05) is 20.8 Å². The molecule has 1 aliphatic rings. The van der Waals surface area contributed by atoms with Crippen molar-refractivity contribution in [2.45, 2.75) is 39.7 Å². The number of nitrogens with two attached hydrogens (primary N) is 1. The average Bonchev–Trinajstić information content (AvgIpc) is 2.23. The largest absolute Gasteiger partial charge is 0.377 e. The molecular weight excluding hydrogens is 252 g/mol. The molecule has 0 spiro atoms. The highest BCUT2D eigenvalue weighted by Crippen LogP contribution is 2.22. The van der Waals surface area contributed by atoms with E-state index in [1.165, 1.54) is 0 Å². The van der Waals surface area contributed by atoms with Crippen molar-refractivity contribution < 1.29 is 13.2 Å². The lowest BCUT2D eigenvalue weighted by Crippen LogP contribution is -2.44. The standard InChI is InChI=1S/C12H26N2O3S/c1-12(2,3)10-18(15,16)14-7-4-11(5-8-14)17-9-6-13/h11H,4-10,13H2,1-3H3. The van der Waals surface area contributed by atoms with E-state index in [4.69, 9.17) is 10.5 Å². The SMILES string of the molecule is CC(C)(C)CS(=O)(=O)N1CCC(OCCN)CC1. The van der Waals surface area contributed by atoms with Gasteiger partial charge in [-0.3, -0.25) is 0 Å². The topological polar surface area (TPSA) is 72.6 Å². The second kappa shape index (κ2) is 6.32. The minimum atomic E-state index is -3.13. The molecule has 1 saturated heterocycles. The molecule has 1 heterocycles. The summed E-state index contributed by atoms with van der Waals surface area (Å²) in [6.45, 7) is 8.04. The summed E-state index contributed by atoms with van der Waals surface area (Å²) in [7, 11) is -3.13. The summed E-state index contributed by atoms with van der Waals surface area (Å²) in [6.07, 6.45) is 1.70. The van der Waals surface area contributed by atoms with Crippen LogP contribution in [0, 0.1) is 5.41 Å². The molecule has 108 valence electrons. The number of rotatable bonds is 5. The third-order valence-electron chi connectivity index (χ3n) is 2.88. The molecule has 1 aliphatic heterocycles. The average molecular weight is 278 g/mol. The fourth-order valence-electron chi connectivity index (χ4n) is 2.15. The summed E-state index contributed by atoms with van der Waals surface area (Å²) in [5, 5.41) is 0. The van der Waals surface area contributed by atoms with Gasteiger partial charge in [-0.05, 0) is 18.3 Å². The van der Waals surface area contributed by atoms with E-state index < -0.39 is 10.0 Å². The maximum atomic E-state index is 12.2. The molecule has 0 aromatic carbocycles. The number of hydrogen-bond donors (Lipinski definition) is 1. The van der Waals surface area contributed by atoms with E-state index in [0.29, 0.717) is 26.2 Å². The van der Waals surface area contributed by atoms with Gasteiger partial charge in [0.25, 0.3) is 0 Å². The quantitative estimate of drug-likeness (QED) is 0.807. The Morgan fingerprint density at radius 1 is 1.28 bits per heavy atom. The first-order valence-corrected chi connectivity index (χ1v) is 8.15. The van der Waals surface area contributed by atoms with E-state index in [1.54, 1.807) is 4.31 Å². The van der Waals surface area contributed by atoms with Gasteiger partial charge in [-0.15, -0.1) is 0 Å². The van der Waals surface area contributed by atoms with Gasteiger partial charge in [-0.1, -0.05) is 20.8 Å². The Balaban J connectivity index is 2.47. The lowest BCUT2D eigenvalue weighted by atomic mass is 10.0. The van der Waals surface area contributed by atoms with Crippen LogP contribution in [0.1, 0.15) is 33.6 Å². The van der Waals surface area contributed by atoms with Crippen molar-refractivity contribution in [2.24, 2.45) is 11.1 Å². The highest BCUT2D eigenvalue weighted by atomic mass is 32.2. The first-order chi connectivity index (χ1) is 8.24. The Hall–Kier alpha value is -0.170. The second-order valence-corrected chi connectivity index (χ2v) is 8.04. The Bertz CT molecular complexity index is 341. The van der Waals surface area contributed by atoms with E-state index >= 15 is 0 Å². The van der Waals surface area contributed by atoms with Crippen molar-refractivity contribution in [3.05, 3.63) is 0 Å². The molecule has 2 N–H and O–H groups in total. The molecular formula is C12H26N2O3S. The lowest BCUT2D eigenvalue weighted by Gasteiger charge is -2.33. The molecule has 1 fully saturated rings. The number of ether oxygens (including phenoxy) is 1. The van der Waals surface area contributed by atoms with Gasteiger partial charge in [-0.2, -0.15) is 0 Å². The van der Waals surface area contributed by atoms with Gasteiger partial charge >= 0.3 is 0 Å². The fraction of sp³-hybridized carbons (Fsp3) is 1.00. The van der Waals surface area contributed by atoms with Gasteiger partial charge < -0.3 is 10.5 Å². The van der Waals surface area contributed by atoms with Crippen molar-refractivity contribution in [1.29, 1.82) is 0 Å². The third-order valence-corrected chi connectivity index (χ3v) is 5.26. The first kappa shape index (κ1) is 15.9. The van der Waals surface area contributed by atoms with E-state index in [0.717, 1.165) is 12.8 Å². The number of hydrogen-bond acceptors (Lipinski definition) is 4. The molecule has 0 saturated carbocycles. The van der Waals surface area contributed by atoms with Gasteiger partial charge in [0.1, 0.15) is 0 Å². The van der Waals surface area contributed by atoms with Crippen molar-refractivity contribution in [3.8, 4) is 0 Å². The Morgan fingerprint density at radius 3 is 2.28 bits per heavy atom. The van der Waals surface area contributed by atoms with Crippen LogP contribution in [0.25, 0.3) is 0 Å². The fourth-order valence-corrected chi connectivity index (χ4v) is 4.19. The van der Waals surface area contributed by atoms with E-state index in [2.05, 4.69) is 0 Å². The zero-order valence-electron chi connectivity index (χ0n) is 11.7. The summed E-state index contributed by atoms with van der Waals surface area (Å²) in [5.41, 5.74) is 5.18. The maximum Gasteiger partial charge on any atom is 0.214 e. The number of sulfonamides is 1. The molecule has 0 amide bonds. The smallest absolute Gasteiger partial charge is 0.214 e. The third kappa shape index (κ3) is 5.22. The Kier molecular flexibility index (Phi) is 5.58. The minimum absolute atomic E-state index is 0.162. The molecule has 5 nitrogen and oxygen atoms in total.